The van der Waals surface area contributed by atoms with Crippen LogP contribution in [-0.4, -0.2) is 19.3 Å². The van der Waals surface area contributed by atoms with Crippen LogP contribution in [0.3, 0.4) is 0 Å². The molecule has 0 aliphatic carbocycles. The monoisotopic (exact) mass is 374 g/mol. The van der Waals surface area contributed by atoms with E-state index in [1.807, 2.05) is 48.5 Å². The Morgan fingerprint density at radius 2 is 1.79 bits per heavy atom. The van der Waals surface area contributed by atoms with Crippen molar-refractivity contribution in [2.45, 2.75) is 12.6 Å². The first-order valence-electron chi connectivity index (χ1n) is 9.42. The molecule has 1 aliphatic heterocycles. The lowest BCUT2D eigenvalue weighted by atomic mass is 10.0. The average molecular weight is 374 g/mol. The van der Waals surface area contributed by atoms with Gasteiger partial charge in [-0.05, 0) is 29.0 Å². The molecule has 4 aromatic rings. The SMILES string of the molecule is O=c1cc(C[NH2+]C[C@@H]2COc3ccccc3O2)c2c(ccc3ccccc32)o1. The lowest BCUT2D eigenvalue weighted by Crippen LogP contribution is -2.85. The van der Waals surface area contributed by atoms with Crippen LogP contribution in [0.5, 0.6) is 11.5 Å². The summed E-state index contributed by atoms with van der Waals surface area (Å²) in [6.07, 6.45) is -0.0296. The van der Waals surface area contributed by atoms with Crippen LogP contribution >= 0.6 is 0 Å². The highest BCUT2D eigenvalue weighted by molar-refractivity contribution is 6.06. The molecule has 0 amide bonds. The molecular formula is C23H20NO4+. The van der Waals surface area contributed by atoms with Crippen molar-refractivity contribution >= 4 is 21.7 Å². The number of hydrogen-bond acceptors (Lipinski definition) is 4. The van der Waals surface area contributed by atoms with Crippen molar-refractivity contribution < 1.29 is 19.2 Å². The Morgan fingerprint density at radius 3 is 2.71 bits per heavy atom. The predicted octanol–water partition coefficient (Wildman–Crippen LogP) is 2.85. The summed E-state index contributed by atoms with van der Waals surface area (Å²) in [6.45, 7) is 1.92. The van der Waals surface area contributed by atoms with Gasteiger partial charge in [-0.3, -0.25) is 0 Å². The normalized spacial score (nSPS) is 15.8. The molecule has 1 atom stereocenters. The number of hydrogen-bond donors (Lipinski definition) is 1. The summed E-state index contributed by atoms with van der Waals surface area (Å²) in [5.74, 6) is 1.57. The number of para-hydroxylation sites is 2. The van der Waals surface area contributed by atoms with E-state index in [9.17, 15) is 4.79 Å². The molecule has 0 unspecified atom stereocenters. The smallest absolute Gasteiger partial charge is 0.336 e. The van der Waals surface area contributed by atoms with Gasteiger partial charge in [0, 0.05) is 17.0 Å². The fourth-order valence-electron chi connectivity index (χ4n) is 3.79. The second kappa shape index (κ2) is 7.02. The highest BCUT2D eigenvalue weighted by Crippen LogP contribution is 2.30. The zero-order chi connectivity index (χ0) is 18.9. The zero-order valence-electron chi connectivity index (χ0n) is 15.3. The number of rotatable bonds is 4. The molecule has 5 rings (SSSR count). The second-order valence-electron chi connectivity index (χ2n) is 6.98. The van der Waals surface area contributed by atoms with E-state index in [4.69, 9.17) is 13.9 Å². The first-order valence-corrected chi connectivity index (χ1v) is 9.42. The van der Waals surface area contributed by atoms with Crippen LogP contribution < -0.4 is 20.4 Å². The third-order valence-electron chi connectivity index (χ3n) is 5.08. The summed E-state index contributed by atoms with van der Waals surface area (Å²) < 4.78 is 17.2. The van der Waals surface area contributed by atoms with Gasteiger partial charge in [-0.2, -0.15) is 0 Å². The summed E-state index contributed by atoms with van der Waals surface area (Å²) in [6, 6.07) is 21.3. The van der Waals surface area contributed by atoms with Crippen molar-refractivity contribution in [1.82, 2.24) is 0 Å². The Balaban J connectivity index is 1.38. The van der Waals surface area contributed by atoms with Gasteiger partial charge in [0.05, 0.1) is 0 Å². The average Bonchev–Trinajstić information content (AvgIpc) is 2.73. The minimum atomic E-state index is -0.322. The van der Waals surface area contributed by atoms with Crippen LogP contribution in [0.2, 0.25) is 0 Å². The van der Waals surface area contributed by atoms with Crippen LogP contribution in [0, 0.1) is 0 Å². The van der Waals surface area contributed by atoms with Crippen molar-refractivity contribution in [3.05, 3.63) is 82.7 Å². The molecule has 2 heterocycles. The molecule has 5 nitrogen and oxygen atoms in total. The van der Waals surface area contributed by atoms with Crippen molar-refractivity contribution in [3.63, 3.8) is 0 Å². The van der Waals surface area contributed by atoms with E-state index >= 15 is 0 Å². The molecule has 0 bridgehead atoms. The summed E-state index contributed by atoms with van der Waals surface area (Å²) in [5.41, 5.74) is 1.28. The van der Waals surface area contributed by atoms with Crippen LogP contribution in [0.1, 0.15) is 5.56 Å². The Kier molecular flexibility index (Phi) is 4.22. The molecular weight excluding hydrogens is 354 g/mol. The van der Waals surface area contributed by atoms with Gasteiger partial charge < -0.3 is 19.2 Å². The maximum absolute atomic E-state index is 12.0. The molecule has 0 saturated heterocycles. The zero-order valence-corrected chi connectivity index (χ0v) is 15.3. The summed E-state index contributed by atoms with van der Waals surface area (Å²) in [5, 5.41) is 5.38. The molecule has 5 heteroatoms. The molecule has 1 aromatic heterocycles. The third-order valence-corrected chi connectivity index (χ3v) is 5.08. The molecule has 0 fully saturated rings. The molecule has 0 radical (unpaired) electrons. The standard InChI is InChI=1S/C23H19NO4/c25-22-11-16(23-18-6-2-1-5-15(18)9-10-21(23)28-22)12-24-13-17-14-26-19-7-3-4-8-20(19)27-17/h1-11,17,24H,12-14H2/p+1/t17-/m1/s1. The highest BCUT2D eigenvalue weighted by Gasteiger charge is 2.22. The van der Waals surface area contributed by atoms with Gasteiger partial charge in [0.25, 0.3) is 0 Å². The topological polar surface area (TPSA) is 65.3 Å². The van der Waals surface area contributed by atoms with Crippen LogP contribution in [-0.2, 0) is 6.54 Å². The maximum atomic E-state index is 12.0. The lowest BCUT2D eigenvalue weighted by molar-refractivity contribution is -0.675. The largest absolute Gasteiger partial charge is 0.486 e. The Bertz CT molecular complexity index is 1210. The Hall–Kier alpha value is -3.31. The van der Waals surface area contributed by atoms with Gasteiger partial charge in [-0.1, -0.05) is 42.5 Å². The first kappa shape index (κ1) is 16.8. The Labute approximate surface area is 161 Å². The fourth-order valence-corrected chi connectivity index (χ4v) is 3.79. The van der Waals surface area contributed by atoms with Crippen molar-refractivity contribution in [2.24, 2.45) is 0 Å². The van der Waals surface area contributed by atoms with Crippen molar-refractivity contribution in [2.75, 3.05) is 13.2 Å². The van der Waals surface area contributed by atoms with E-state index in [1.165, 1.54) is 0 Å². The molecule has 140 valence electrons. The van der Waals surface area contributed by atoms with E-state index in [1.54, 1.807) is 6.07 Å². The van der Waals surface area contributed by atoms with Crippen molar-refractivity contribution in [3.8, 4) is 11.5 Å². The third kappa shape index (κ3) is 3.10. The van der Waals surface area contributed by atoms with Gasteiger partial charge in [0.1, 0.15) is 25.3 Å². The summed E-state index contributed by atoms with van der Waals surface area (Å²) in [4.78, 5) is 12.0. The first-order chi connectivity index (χ1) is 13.8. The van der Waals surface area contributed by atoms with Gasteiger partial charge in [0.2, 0.25) is 0 Å². The van der Waals surface area contributed by atoms with Crippen LogP contribution in [0.15, 0.2) is 75.9 Å². The highest BCUT2D eigenvalue weighted by atomic mass is 16.6. The molecule has 28 heavy (non-hydrogen) atoms. The molecule has 1 aliphatic rings. The Morgan fingerprint density at radius 1 is 0.964 bits per heavy atom. The van der Waals surface area contributed by atoms with E-state index in [-0.39, 0.29) is 11.7 Å². The van der Waals surface area contributed by atoms with Gasteiger partial charge in [-0.15, -0.1) is 0 Å². The predicted molar refractivity (Wildman–Crippen MR) is 107 cm³/mol. The number of fused-ring (bicyclic) bond motifs is 4. The van der Waals surface area contributed by atoms with Gasteiger partial charge in [-0.25, -0.2) is 4.79 Å². The number of nitrogens with two attached hydrogens (primary N) is 1. The number of benzene rings is 3. The van der Waals surface area contributed by atoms with Crippen LogP contribution in [0.4, 0.5) is 0 Å². The molecule has 2 N–H and O–H groups in total. The van der Waals surface area contributed by atoms with E-state index in [0.717, 1.165) is 39.8 Å². The molecule has 3 aromatic carbocycles. The number of ether oxygens (including phenoxy) is 2. The van der Waals surface area contributed by atoms with E-state index in [2.05, 4.69) is 17.4 Å². The minimum Gasteiger partial charge on any atom is -0.486 e. The lowest BCUT2D eigenvalue weighted by Gasteiger charge is -2.25. The van der Waals surface area contributed by atoms with Crippen LogP contribution in [0.25, 0.3) is 21.7 Å². The molecule has 0 saturated carbocycles. The molecule has 0 spiro atoms. The summed E-state index contributed by atoms with van der Waals surface area (Å²) >= 11 is 0. The maximum Gasteiger partial charge on any atom is 0.336 e. The number of quaternary nitrogens is 1. The minimum absolute atomic E-state index is 0.0296. The van der Waals surface area contributed by atoms with Crippen molar-refractivity contribution in [1.29, 1.82) is 0 Å². The quantitative estimate of drug-likeness (QED) is 0.441. The fraction of sp³-hybridized carbons (Fsp3) is 0.174. The summed E-state index contributed by atoms with van der Waals surface area (Å²) in [7, 11) is 0. The second-order valence-corrected chi connectivity index (χ2v) is 6.98. The van der Waals surface area contributed by atoms with Gasteiger partial charge >= 0.3 is 5.63 Å². The van der Waals surface area contributed by atoms with Gasteiger partial charge in [0.15, 0.2) is 17.6 Å². The van der Waals surface area contributed by atoms with E-state index in [0.29, 0.717) is 18.7 Å². The van der Waals surface area contributed by atoms with E-state index < -0.39 is 0 Å².